The third-order valence-electron chi connectivity index (χ3n) is 4.67. The molecule has 0 aliphatic carbocycles. The normalized spacial score (nSPS) is 11.4. The van der Waals surface area contributed by atoms with Gasteiger partial charge in [0, 0.05) is 11.0 Å². The third-order valence-corrected chi connectivity index (χ3v) is 6.37. The van der Waals surface area contributed by atoms with Crippen molar-refractivity contribution in [1.82, 2.24) is 9.55 Å². The van der Waals surface area contributed by atoms with Crippen molar-refractivity contribution in [2.24, 2.45) is 5.10 Å². The number of aromatic nitrogens is 2. The molecule has 0 aliphatic heterocycles. The maximum atomic E-state index is 6.00. The number of fused-ring (bicyclic) bond motifs is 1. The average molecular weight is 607 g/mol. The minimum absolute atomic E-state index is 0.479. The van der Waals surface area contributed by atoms with Crippen LogP contribution in [-0.4, -0.2) is 15.8 Å². The van der Waals surface area contributed by atoms with Gasteiger partial charge in [0.2, 0.25) is 5.95 Å². The number of nitrogens with one attached hydrogen (secondary N) is 1. The summed E-state index contributed by atoms with van der Waals surface area (Å²) in [5.74, 6) is 1.47. The van der Waals surface area contributed by atoms with Crippen molar-refractivity contribution in [1.29, 1.82) is 0 Å². The molecule has 8 heteroatoms. The van der Waals surface area contributed by atoms with E-state index in [0.29, 0.717) is 12.6 Å². The summed E-state index contributed by atoms with van der Waals surface area (Å²) in [7, 11) is 0. The number of anilines is 1. The lowest BCUT2D eigenvalue weighted by atomic mass is 10.2. The number of nitrogens with zero attached hydrogens (tertiary/aromatic N) is 3. The fraction of sp³-hybridized carbons (Fsp3) is 0.130. The van der Waals surface area contributed by atoms with Gasteiger partial charge in [-0.1, -0.05) is 40.2 Å². The Morgan fingerprint density at radius 1 is 1.03 bits per heavy atom. The van der Waals surface area contributed by atoms with Gasteiger partial charge in [0.25, 0.3) is 0 Å². The maximum absolute atomic E-state index is 6.00. The fourth-order valence-electron chi connectivity index (χ4n) is 3.17. The molecule has 1 heterocycles. The zero-order valence-corrected chi connectivity index (χ0v) is 21.4. The van der Waals surface area contributed by atoms with Gasteiger partial charge in [-0.05, 0) is 86.3 Å². The smallest absolute Gasteiger partial charge is 0.224 e. The molecular formula is C23H19Br3N4O. The number of para-hydroxylation sites is 2. The summed E-state index contributed by atoms with van der Waals surface area (Å²) in [5, 5.41) is 4.38. The van der Waals surface area contributed by atoms with E-state index < -0.39 is 0 Å². The summed E-state index contributed by atoms with van der Waals surface area (Å²) in [5.41, 5.74) is 7.10. The minimum Gasteiger partial charge on any atom is -0.487 e. The highest BCUT2D eigenvalue weighted by Crippen LogP contribution is 2.35. The number of halogens is 3. The van der Waals surface area contributed by atoms with Gasteiger partial charge in [-0.2, -0.15) is 5.10 Å². The predicted octanol–water partition coefficient (Wildman–Crippen LogP) is 7.37. The quantitative estimate of drug-likeness (QED) is 0.177. The van der Waals surface area contributed by atoms with Crippen LogP contribution in [0.3, 0.4) is 0 Å². The Morgan fingerprint density at radius 3 is 2.45 bits per heavy atom. The van der Waals surface area contributed by atoms with Crippen LogP contribution in [0, 0.1) is 0 Å². The Bertz CT molecular complexity index is 1210. The molecule has 0 saturated carbocycles. The molecular weight excluding hydrogens is 588 g/mol. The fourth-order valence-corrected chi connectivity index (χ4v) is 4.89. The summed E-state index contributed by atoms with van der Waals surface area (Å²) in [6.45, 7) is 3.37. The van der Waals surface area contributed by atoms with E-state index in [1.54, 1.807) is 6.21 Å². The van der Waals surface area contributed by atoms with E-state index >= 15 is 0 Å². The first kappa shape index (κ1) is 22.0. The van der Waals surface area contributed by atoms with Gasteiger partial charge in [0.1, 0.15) is 12.4 Å². The van der Waals surface area contributed by atoms with E-state index in [-0.39, 0.29) is 0 Å². The van der Waals surface area contributed by atoms with Gasteiger partial charge in [-0.3, -0.25) is 0 Å². The van der Waals surface area contributed by atoms with E-state index in [2.05, 4.69) is 80.9 Å². The molecule has 0 saturated heterocycles. The molecule has 0 fully saturated rings. The SMILES string of the molecule is CCn1c(N/N=C\c2cc(Br)c(OCc3ccc(Br)cc3)c(Br)c2)nc2ccccc21. The number of benzene rings is 3. The molecule has 0 aliphatic rings. The Morgan fingerprint density at radius 2 is 1.74 bits per heavy atom. The Labute approximate surface area is 205 Å². The standard InChI is InChI=1S/C23H19Br3N4O/c1-2-30-21-6-4-3-5-20(21)28-23(30)29-27-13-16-11-18(25)22(19(26)12-16)31-14-15-7-9-17(24)10-8-15/h3-13H,2,14H2,1H3,(H,28,29)/b27-13-. The molecule has 31 heavy (non-hydrogen) atoms. The van der Waals surface area contributed by atoms with Crippen LogP contribution in [0.25, 0.3) is 11.0 Å². The van der Waals surface area contributed by atoms with Crippen LogP contribution < -0.4 is 10.2 Å². The summed E-state index contributed by atoms with van der Waals surface area (Å²) < 4.78 is 10.8. The highest BCUT2D eigenvalue weighted by Gasteiger charge is 2.10. The first-order valence-corrected chi connectivity index (χ1v) is 12.0. The Hall–Kier alpha value is -2.16. The molecule has 0 radical (unpaired) electrons. The van der Waals surface area contributed by atoms with Crippen molar-refractivity contribution < 1.29 is 4.74 Å². The van der Waals surface area contributed by atoms with Gasteiger partial charge in [-0.25, -0.2) is 10.4 Å². The van der Waals surface area contributed by atoms with Crippen molar-refractivity contribution in [3.8, 4) is 5.75 Å². The number of aryl methyl sites for hydroxylation is 1. The second kappa shape index (κ2) is 9.97. The van der Waals surface area contributed by atoms with E-state index in [1.807, 2.05) is 54.6 Å². The van der Waals surface area contributed by atoms with E-state index in [0.717, 1.165) is 47.9 Å². The Kier molecular flexibility index (Phi) is 7.09. The highest BCUT2D eigenvalue weighted by atomic mass is 79.9. The van der Waals surface area contributed by atoms with Crippen molar-refractivity contribution in [3.05, 3.63) is 85.2 Å². The second-order valence-corrected chi connectivity index (χ2v) is 9.39. The van der Waals surface area contributed by atoms with E-state index in [1.165, 1.54) is 0 Å². The van der Waals surface area contributed by atoms with Crippen LogP contribution >= 0.6 is 47.8 Å². The molecule has 0 unspecified atom stereocenters. The van der Waals surface area contributed by atoms with Crippen LogP contribution in [0.4, 0.5) is 5.95 Å². The molecule has 4 rings (SSSR count). The maximum Gasteiger partial charge on any atom is 0.224 e. The second-order valence-electron chi connectivity index (χ2n) is 6.77. The lowest BCUT2D eigenvalue weighted by molar-refractivity contribution is 0.302. The van der Waals surface area contributed by atoms with Gasteiger partial charge in [0.05, 0.1) is 26.2 Å². The largest absolute Gasteiger partial charge is 0.487 e. The van der Waals surface area contributed by atoms with Crippen LogP contribution in [0.1, 0.15) is 18.1 Å². The summed E-state index contributed by atoms with van der Waals surface area (Å²) >= 11 is 10.7. The first-order chi connectivity index (χ1) is 15.0. The first-order valence-electron chi connectivity index (χ1n) is 9.65. The minimum atomic E-state index is 0.479. The molecule has 1 N–H and O–H groups in total. The molecule has 4 aromatic rings. The molecule has 0 bridgehead atoms. The summed E-state index contributed by atoms with van der Waals surface area (Å²) in [6, 6.07) is 20.1. The monoisotopic (exact) mass is 604 g/mol. The predicted molar refractivity (Wildman–Crippen MR) is 137 cm³/mol. The molecule has 0 amide bonds. The van der Waals surface area contributed by atoms with Crippen molar-refractivity contribution in [2.45, 2.75) is 20.1 Å². The van der Waals surface area contributed by atoms with E-state index in [9.17, 15) is 0 Å². The van der Waals surface area contributed by atoms with Crippen LogP contribution in [-0.2, 0) is 13.2 Å². The van der Waals surface area contributed by atoms with Gasteiger partial charge in [-0.15, -0.1) is 0 Å². The zero-order chi connectivity index (χ0) is 21.8. The average Bonchev–Trinajstić information content (AvgIpc) is 3.12. The van der Waals surface area contributed by atoms with Gasteiger partial charge in [0.15, 0.2) is 0 Å². The number of hydrazone groups is 1. The lowest BCUT2D eigenvalue weighted by Gasteiger charge is -2.11. The molecule has 0 spiro atoms. The number of hydrogen-bond acceptors (Lipinski definition) is 4. The van der Waals surface area contributed by atoms with Crippen molar-refractivity contribution in [3.63, 3.8) is 0 Å². The zero-order valence-electron chi connectivity index (χ0n) is 16.6. The van der Waals surface area contributed by atoms with Crippen LogP contribution in [0.15, 0.2) is 79.2 Å². The summed E-state index contributed by atoms with van der Waals surface area (Å²) in [4.78, 5) is 4.62. The molecule has 1 aromatic heterocycles. The van der Waals surface area contributed by atoms with Crippen LogP contribution in [0.2, 0.25) is 0 Å². The number of ether oxygens (including phenoxy) is 1. The topological polar surface area (TPSA) is 51.4 Å². The number of imidazole rings is 1. The lowest BCUT2D eigenvalue weighted by Crippen LogP contribution is -2.02. The van der Waals surface area contributed by atoms with Gasteiger partial charge >= 0.3 is 0 Å². The Balaban J connectivity index is 1.47. The summed E-state index contributed by atoms with van der Waals surface area (Å²) in [6.07, 6.45) is 1.76. The molecule has 5 nitrogen and oxygen atoms in total. The number of rotatable bonds is 7. The molecule has 3 aromatic carbocycles. The van der Waals surface area contributed by atoms with Crippen molar-refractivity contribution >= 4 is 71.0 Å². The van der Waals surface area contributed by atoms with Crippen molar-refractivity contribution in [2.75, 3.05) is 5.43 Å². The molecule has 158 valence electrons. The highest BCUT2D eigenvalue weighted by molar-refractivity contribution is 9.11. The molecule has 0 atom stereocenters. The van der Waals surface area contributed by atoms with Gasteiger partial charge < -0.3 is 9.30 Å². The van der Waals surface area contributed by atoms with Crippen LogP contribution in [0.5, 0.6) is 5.75 Å². The third kappa shape index (κ3) is 5.19. The van der Waals surface area contributed by atoms with E-state index in [4.69, 9.17) is 4.74 Å². The number of hydrogen-bond donors (Lipinski definition) is 1.